The number of likely N-dealkylation sites (N-methyl/N-ethyl adjacent to an activating group) is 1. The molecule has 0 saturated carbocycles. The van der Waals surface area contributed by atoms with Gasteiger partial charge in [-0.05, 0) is 32.0 Å². The number of carbonyl (C=O) groups excluding carboxylic acids is 1. The predicted molar refractivity (Wildman–Crippen MR) is 67.2 cm³/mol. The lowest BCUT2D eigenvalue weighted by Crippen LogP contribution is -2.25. The van der Waals surface area contributed by atoms with Crippen molar-refractivity contribution >= 4 is 11.8 Å². The third-order valence-corrected chi connectivity index (χ3v) is 3.00. The minimum atomic E-state index is -0.361. The van der Waals surface area contributed by atoms with Crippen molar-refractivity contribution in [2.24, 2.45) is 0 Å². The Bertz CT molecular complexity index is 406. The van der Waals surface area contributed by atoms with Crippen LogP contribution in [0.2, 0.25) is 0 Å². The van der Waals surface area contributed by atoms with Crippen molar-refractivity contribution < 1.29 is 9.53 Å². The van der Waals surface area contributed by atoms with Gasteiger partial charge in [0.15, 0.2) is 0 Å². The Kier molecular flexibility index (Phi) is 3.64. The van der Waals surface area contributed by atoms with E-state index in [0.717, 1.165) is 30.8 Å². The van der Waals surface area contributed by atoms with Crippen molar-refractivity contribution in [3.8, 4) is 0 Å². The van der Waals surface area contributed by atoms with E-state index in [1.165, 1.54) is 0 Å². The number of ether oxygens (including phenoxy) is 1. The van der Waals surface area contributed by atoms with E-state index in [-0.39, 0.29) is 12.2 Å². The molecule has 92 valence electrons. The van der Waals surface area contributed by atoms with Crippen molar-refractivity contribution in [1.29, 1.82) is 0 Å². The maximum absolute atomic E-state index is 11.7. The maximum atomic E-state index is 11.7. The molecule has 1 aromatic carbocycles. The van der Waals surface area contributed by atoms with E-state index < -0.39 is 0 Å². The van der Waals surface area contributed by atoms with E-state index in [2.05, 4.69) is 10.2 Å². The van der Waals surface area contributed by atoms with Crippen LogP contribution in [0, 0.1) is 6.92 Å². The minimum absolute atomic E-state index is 0.0176. The summed E-state index contributed by atoms with van der Waals surface area (Å²) in [5, 5.41) is 2.77. The van der Waals surface area contributed by atoms with Gasteiger partial charge in [0, 0.05) is 18.8 Å². The summed E-state index contributed by atoms with van der Waals surface area (Å²) in [5.41, 5.74) is 1.84. The van der Waals surface area contributed by atoms with E-state index in [1.807, 2.05) is 38.2 Å². The SMILES string of the molecule is Cc1ccccc1NC(=O)OC1CCN(C)C1. The van der Waals surface area contributed by atoms with Gasteiger partial charge in [0.25, 0.3) is 0 Å². The molecule has 1 aromatic rings. The molecule has 1 N–H and O–H groups in total. The summed E-state index contributed by atoms with van der Waals surface area (Å²) in [6, 6.07) is 7.67. The van der Waals surface area contributed by atoms with Gasteiger partial charge in [-0.25, -0.2) is 4.79 Å². The maximum Gasteiger partial charge on any atom is 0.411 e. The van der Waals surface area contributed by atoms with Gasteiger partial charge in [0.05, 0.1) is 0 Å². The zero-order valence-electron chi connectivity index (χ0n) is 10.3. The number of nitrogens with zero attached hydrogens (tertiary/aromatic N) is 1. The van der Waals surface area contributed by atoms with Crippen LogP contribution in [0.15, 0.2) is 24.3 Å². The van der Waals surface area contributed by atoms with Crippen molar-refractivity contribution in [2.75, 3.05) is 25.5 Å². The average Bonchev–Trinajstić information content (AvgIpc) is 2.67. The summed E-state index contributed by atoms with van der Waals surface area (Å²) in [4.78, 5) is 13.8. The van der Waals surface area contributed by atoms with Crippen LogP contribution in [0.25, 0.3) is 0 Å². The highest BCUT2D eigenvalue weighted by atomic mass is 16.6. The highest BCUT2D eigenvalue weighted by molar-refractivity contribution is 5.85. The second kappa shape index (κ2) is 5.19. The normalized spacial score (nSPS) is 20.2. The molecule has 0 bridgehead atoms. The second-order valence-corrected chi connectivity index (χ2v) is 4.52. The minimum Gasteiger partial charge on any atom is -0.445 e. The number of amides is 1. The van der Waals surface area contributed by atoms with E-state index in [1.54, 1.807) is 0 Å². The molecule has 17 heavy (non-hydrogen) atoms. The van der Waals surface area contributed by atoms with Crippen molar-refractivity contribution in [2.45, 2.75) is 19.4 Å². The van der Waals surface area contributed by atoms with Crippen molar-refractivity contribution in [3.63, 3.8) is 0 Å². The molecule has 1 saturated heterocycles. The smallest absolute Gasteiger partial charge is 0.411 e. The van der Waals surface area contributed by atoms with Crippen LogP contribution in [0.3, 0.4) is 0 Å². The quantitative estimate of drug-likeness (QED) is 0.853. The third kappa shape index (κ3) is 3.20. The van der Waals surface area contributed by atoms with Crippen LogP contribution < -0.4 is 5.32 Å². The lowest BCUT2D eigenvalue weighted by atomic mass is 10.2. The van der Waals surface area contributed by atoms with Crippen LogP contribution >= 0.6 is 0 Å². The topological polar surface area (TPSA) is 41.6 Å². The third-order valence-electron chi connectivity index (χ3n) is 3.00. The summed E-state index contributed by atoms with van der Waals surface area (Å²) in [6.45, 7) is 3.77. The number of rotatable bonds is 2. The molecule has 1 atom stereocenters. The molecule has 1 unspecified atom stereocenters. The molecular weight excluding hydrogens is 216 g/mol. The average molecular weight is 234 g/mol. The number of hydrogen-bond donors (Lipinski definition) is 1. The molecule has 1 amide bonds. The molecule has 0 aromatic heterocycles. The van der Waals surface area contributed by atoms with Gasteiger partial charge in [0.2, 0.25) is 0 Å². The van der Waals surface area contributed by atoms with Crippen molar-refractivity contribution in [3.05, 3.63) is 29.8 Å². The Morgan fingerprint density at radius 1 is 1.47 bits per heavy atom. The Morgan fingerprint density at radius 2 is 2.24 bits per heavy atom. The van der Waals surface area contributed by atoms with Gasteiger partial charge in [-0.15, -0.1) is 0 Å². The van der Waals surface area contributed by atoms with Gasteiger partial charge >= 0.3 is 6.09 Å². The van der Waals surface area contributed by atoms with Crippen LogP contribution in [0.5, 0.6) is 0 Å². The van der Waals surface area contributed by atoms with Gasteiger partial charge in [-0.1, -0.05) is 18.2 Å². The Hall–Kier alpha value is -1.55. The van der Waals surface area contributed by atoms with Crippen LogP contribution in [-0.4, -0.2) is 37.2 Å². The summed E-state index contributed by atoms with van der Waals surface area (Å²) >= 11 is 0. The molecule has 0 aliphatic carbocycles. The number of nitrogens with one attached hydrogen (secondary N) is 1. The first-order chi connectivity index (χ1) is 8.15. The Morgan fingerprint density at radius 3 is 2.88 bits per heavy atom. The summed E-state index contributed by atoms with van der Waals surface area (Å²) in [7, 11) is 2.03. The van der Waals surface area contributed by atoms with Crippen LogP contribution in [-0.2, 0) is 4.74 Å². The lowest BCUT2D eigenvalue weighted by molar-refractivity contribution is 0.115. The molecule has 1 aliphatic heterocycles. The Balaban J connectivity index is 1.87. The van der Waals surface area contributed by atoms with Gasteiger partial charge in [0.1, 0.15) is 6.10 Å². The number of para-hydroxylation sites is 1. The zero-order chi connectivity index (χ0) is 12.3. The monoisotopic (exact) mass is 234 g/mol. The highest BCUT2D eigenvalue weighted by Gasteiger charge is 2.22. The molecule has 2 rings (SSSR count). The van der Waals surface area contributed by atoms with Crippen LogP contribution in [0.1, 0.15) is 12.0 Å². The number of carbonyl (C=O) groups is 1. The molecule has 4 heteroatoms. The molecular formula is C13H18N2O2. The summed E-state index contributed by atoms with van der Waals surface area (Å²) < 4.78 is 5.35. The fourth-order valence-electron chi connectivity index (χ4n) is 1.99. The molecule has 1 aliphatic rings. The predicted octanol–water partition coefficient (Wildman–Crippen LogP) is 2.25. The molecule has 1 fully saturated rings. The first kappa shape index (κ1) is 11.9. The molecule has 0 radical (unpaired) electrons. The second-order valence-electron chi connectivity index (χ2n) is 4.52. The first-order valence-electron chi connectivity index (χ1n) is 5.87. The van der Waals surface area contributed by atoms with E-state index in [0.29, 0.717) is 0 Å². The van der Waals surface area contributed by atoms with Crippen LogP contribution in [0.4, 0.5) is 10.5 Å². The molecule has 4 nitrogen and oxygen atoms in total. The van der Waals surface area contributed by atoms with Gasteiger partial charge < -0.3 is 9.64 Å². The number of aryl methyl sites for hydroxylation is 1. The fraction of sp³-hybridized carbons (Fsp3) is 0.462. The van der Waals surface area contributed by atoms with E-state index >= 15 is 0 Å². The number of likely N-dealkylation sites (tertiary alicyclic amines) is 1. The molecule has 1 heterocycles. The number of anilines is 1. The van der Waals surface area contributed by atoms with Crippen molar-refractivity contribution in [1.82, 2.24) is 4.90 Å². The number of benzene rings is 1. The van der Waals surface area contributed by atoms with Gasteiger partial charge in [-0.2, -0.15) is 0 Å². The van der Waals surface area contributed by atoms with Gasteiger partial charge in [-0.3, -0.25) is 5.32 Å². The molecule has 0 spiro atoms. The summed E-state index contributed by atoms with van der Waals surface area (Å²) in [6.07, 6.45) is 0.571. The van der Waals surface area contributed by atoms with E-state index in [9.17, 15) is 4.79 Å². The fourth-order valence-corrected chi connectivity index (χ4v) is 1.99. The number of hydrogen-bond acceptors (Lipinski definition) is 3. The lowest BCUT2D eigenvalue weighted by Gasteiger charge is -2.13. The highest BCUT2D eigenvalue weighted by Crippen LogP contribution is 2.15. The Labute approximate surface area is 102 Å². The van der Waals surface area contributed by atoms with E-state index in [4.69, 9.17) is 4.74 Å². The first-order valence-corrected chi connectivity index (χ1v) is 5.87. The zero-order valence-corrected chi connectivity index (χ0v) is 10.3. The standard InChI is InChI=1S/C13H18N2O2/c1-10-5-3-4-6-12(10)14-13(16)17-11-7-8-15(2)9-11/h3-6,11H,7-9H2,1-2H3,(H,14,16). The summed E-state index contributed by atoms with van der Waals surface area (Å²) in [5.74, 6) is 0. The largest absolute Gasteiger partial charge is 0.445 e.